The Hall–Kier alpha value is -2.08. The zero-order chi connectivity index (χ0) is 18.4. The van der Waals surface area contributed by atoms with E-state index >= 15 is 0 Å². The van der Waals surface area contributed by atoms with Crippen LogP contribution in [0.25, 0.3) is 0 Å². The Morgan fingerprint density at radius 1 is 1.24 bits per heavy atom. The van der Waals surface area contributed by atoms with Crippen LogP contribution in [-0.2, 0) is 24.2 Å². The van der Waals surface area contributed by atoms with E-state index in [0.717, 1.165) is 12.0 Å². The van der Waals surface area contributed by atoms with Crippen molar-refractivity contribution in [2.45, 2.75) is 44.8 Å². The van der Waals surface area contributed by atoms with Crippen LogP contribution in [0.3, 0.4) is 0 Å². The maximum absolute atomic E-state index is 12.4. The number of carbonyl (C=O) groups is 1. The summed E-state index contributed by atoms with van der Waals surface area (Å²) in [5, 5.41) is 0.602. The lowest BCUT2D eigenvalue weighted by atomic mass is 10.1. The van der Waals surface area contributed by atoms with Gasteiger partial charge in [-0.3, -0.25) is 9.59 Å². The third-order valence-electron chi connectivity index (χ3n) is 4.26. The van der Waals surface area contributed by atoms with Crippen LogP contribution in [0, 0.1) is 6.92 Å². The van der Waals surface area contributed by atoms with Crippen molar-refractivity contribution < 1.29 is 4.79 Å². The Balaban J connectivity index is 1.96. The number of aromatic nitrogens is 2. The molecule has 1 aromatic heterocycles. The van der Waals surface area contributed by atoms with Gasteiger partial charge < -0.3 is 9.88 Å². The molecule has 2 aromatic rings. The molecule has 0 aliphatic heterocycles. The van der Waals surface area contributed by atoms with Crippen LogP contribution < -0.4 is 5.56 Å². The van der Waals surface area contributed by atoms with Gasteiger partial charge in [-0.1, -0.05) is 43.0 Å². The molecular formula is C19H25N3O2S. The van der Waals surface area contributed by atoms with Gasteiger partial charge in [0, 0.05) is 31.3 Å². The van der Waals surface area contributed by atoms with Gasteiger partial charge in [0.15, 0.2) is 5.16 Å². The summed E-state index contributed by atoms with van der Waals surface area (Å²) in [4.78, 5) is 33.3. The normalized spacial score (nSPS) is 10.7. The fourth-order valence-electron chi connectivity index (χ4n) is 2.64. The maximum atomic E-state index is 12.4. The molecule has 0 aliphatic carbocycles. The standard InChI is InChI=1S/C19H25N3O2S/c1-5-14-6-8-15(9-7-14)12-22(3)17(23)11-10-16-13(2)20-19(25-4)21-18(16)24/h6-9H,5,10-12H2,1-4H3,(H,20,21,24). The fraction of sp³-hybridized carbons (Fsp3) is 0.421. The van der Waals surface area contributed by atoms with Gasteiger partial charge in [0.2, 0.25) is 5.91 Å². The van der Waals surface area contributed by atoms with Gasteiger partial charge in [0.05, 0.1) is 0 Å². The number of carbonyl (C=O) groups excluding carboxylic acids is 1. The summed E-state index contributed by atoms with van der Waals surface area (Å²) in [5.41, 5.74) is 3.52. The molecular weight excluding hydrogens is 334 g/mol. The van der Waals surface area contributed by atoms with Crippen LogP contribution in [0.1, 0.15) is 35.7 Å². The highest BCUT2D eigenvalue weighted by Gasteiger charge is 2.13. The fourth-order valence-corrected chi connectivity index (χ4v) is 3.06. The van der Waals surface area contributed by atoms with Crippen LogP contribution in [0.4, 0.5) is 0 Å². The van der Waals surface area contributed by atoms with Crippen LogP contribution >= 0.6 is 11.8 Å². The zero-order valence-electron chi connectivity index (χ0n) is 15.3. The molecule has 0 fully saturated rings. The van der Waals surface area contributed by atoms with Crippen LogP contribution in [0.2, 0.25) is 0 Å². The molecule has 0 radical (unpaired) electrons. The lowest BCUT2D eigenvalue weighted by Gasteiger charge is -2.17. The van der Waals surface area contributed by atoms with Crippen molar-refractivity contribution in [1.29, 1.82) is 0 Å². The van der Waals surface area contributed by atoms with Crippen molar-refractivity contribution in [1.82, 2.24) is 14.9 Å². The number of amides is 1. The van der Waals surface area contributed by atoms with E-state index in [4.69, 9.17) is 0 Å². The minimum atomic E-state index is -0.151. The summed E-state index contributed by atoms with van der Waals surface area (Å²) in [6.45, 7) is 4.50. The van der Waals surface area contributed by atoms with E-state index < -0.39 is 0 Å². The minimum absolute atomic E-state index is 0.0207. The second-order valence-corrected chi connectivity index (χ2v) is 6.85. The quantitative estimate of drug-likeness (QED) is 0.610. The van der Waals surface area contributed by atoms with Crippen LogP contribution in [-0.4, -0.2) is 34.1 Å². The topological polar surface area (TPSA) is 66.1 Å². The molecule has 0 saturated heterocycles. The van der Waals surface area contributed by atoms with Crippen LogP contribution in [0.5, 0.6) is 0 Å². The third kappa shape index (κ3) is 5.19. The second kappa shape index (κ2) is 8.85. The van der Waals surface area contributed by atoms with Crippen molar-refractivity contribution in [2.24, 2.45) is 0 Å². The van der Waals surface area contributed by atoms with E-state index in [1.54, 1.807) is 11.9 Å². The van der Waals surface area contributed by atoms with Gasteiger partial charge in [-0.15, -0.1) is 0 Å². The lowest BCUT2D eigenvalue weighted by molar-refractivity contribution is -0.130. The monoisotopic (exact) mass is 359 g/mol. The Kier molecular flexibility index (Phi) is 6.82. The highest BCUT2D eigenvalue weighted by Crippen LogP contribution is 2.11. The largest absolute Gasteiger partial charge is 0.341 e. The molecule has 0 atom stereocenters. The van der Waals surface area contributed by atoms with E-state index in [1.165, 1.54) is 17.3 Å². The first-order valence-corrected chi connectivity index (χ1v) is 9.62. The van der Waals surface area contributed by atoms with Crippen molar-refractivity contribution in [2.75, 3.05) is 13.3 Å². The number of hydrogen-bond donors (Lipinski definition) is 1. The summed E-state index contributed by atoms with van der Waals surface area (Å²) in [6.07, 6.45) is 3.57. The Bertz CT molecular complexity index is 784. The summed E-state index contributed by atoms with van der Waals surface area (Å²) in [5.74, 6) is 0.0207. The smallest absolute Gasteiger partial charge is 0.254 e. The third-order valence-corrected chi connectivity index (χ3v) is 4.84. The average molecular weight is 359 g/mol. The number of hydrogen-bond acceptors (Lipinski definition) is 4. The number of H-pyrrole nitrogens is 1. The van der Waals surface area contributed by atoms with Crippen molar-refractivity contribution in [3.05, 3.63) is 57.0 Å². The number of aryl methyl sites for hydroxylation is 2. The van der Waals surface area contributed by atoms with Crippen molar-refractivity contribution in [3.63, 3.8) is 0 Å². The molecule has 1 N–H and O–H groups in total. The molecule has 0 bridgehead atoms. The molecule has 0 spiro atoms. The van der Waals surface area contributed by atoms with Gasteiger partial charge in [-0.05, 0) is 37.1 Å². The lowest BCUT2D eigenvalue weighted by Crippen LogP contribution is -2.27. The molecule has 25 heavy (non-hydrogen) atoms. The second-order valence-electron chi connectivity index (χ2n) is 6.06. The molecule has 0 aliphatic rings. The predicted octanol–water partition coefficient (Wildman–Crippen LogP) is 2.95. The molecule has 5 nitrogen and oxygen atoms in total. The first-order valence-electron chi connectivity index (χ1n) is 8.40. The van der Waals surface area contributed by atoms with Gasteiger partial charge in [-0.25, -0.2) is 4.98 Å². The number of rotatable bonds is 7. The number of thioether (sulfide) groups is 1. The first kappa shape index (κ1) is 19.2. The zero-order valence-corrected chi connectivity index (χ0v) is 16.1. The van der Waals surface area contributed by atoms with Gasteiger partial charge in [-0.2, -0.15) is 0 Å². The Labute approximate surface area is 152 Å². The van der Waals surface area contributed by atoms with E-state index in [-0.39, 0.29) is 11.5 Å². The minimum Gasteiger partial charge on any atom is -0.341 e. The summed E-state index contributed by atoms with van der Waals surface area (Å²) in [7, 11) is 1.79. The summed E-state index contributed by atoms with van der Waals surface area (Å²) < 4.78 is 0. The molecule has 0 saturated carbocycles. The van der Waals surface area contributed by atoms with Crippen LogP contribution in [0.15, 0.2) is 34.2 Å². The molecule has 1 heterocycles. The predicted molar refractivity (Wildman–Crippen MR) is 102 cm³/mol. The highest BCUT2D eigenvalue weighted by atomic mass is 32.2. The molecule has 6 heteroatoms. The maximum Gasteiger partial charge on any atom is 0.254 e. The number of nitrogens with one attached hydrogen (secondary N) is 1. The average Bonchev–Trinajstić information content (AvgIpc) is 2.61. The van der Waals surface area contributed by atoms with Crippen molar-refractivity contribution >= 4 is 17.7 Å². The summed E-state index contributed by atoms with van der Waals surface area (Å²) >= 11 is 1.40. The molecule has 2 rings (SSSR count). The Morgan fingerprint density at radius 3 is 2.44 bits per heavy atom. The van der Waals surface area contributed by atoms with E-state index in [2.05, 4.69) is 41.2 Å². The van der Waals surface area contributed by atoms with Gasteiger partial charge in [0.1, 0.15) is 0 Å². The van der Waals surface area contributed by atoms with E-state index in [1.807, 2.05) is 13.2 Å². The van der Waals surface area contributed by atoms with E-state index in [0.29, 0.717) is 35.8 Å². The van der Waals surface area contributed by atoms with E-state index in [9.17, 15) is 9.59 Å². The number of nitrogens with zero attached hydrogens (tertiary/aromatic N) is 2. The van der Waals surface area contributed by atoms with Gasteiger partial charge in [0.25, 0.3) is 5.56 Å². The first-order chi connectivity index (χ1) is 11.9. The molecule has 0 unspecified atom stereocenters. The SMILES string of the molecule is CCc1ccc(CN(C)C(=O)CCc2c(C)nc(SC)[nH]c2=O)cc1. The highest BCUT2D eigenvalue weighted by molar-refractivity contribution is 7.98. The van der Waals surface area contributed by atoms with Crippen molar-refractivity contribution in [3.8, 4) is 0 Å². The summed E-state index contributed by atoms with van der Waals surface area (Å²) in [6, 6.07) is 8.30. The number of aromatic amines is 1. The number of benzene rings is 1. The molecule has 134 valence electrons. The Morgan fingerprint density at radius 2 is 1.88 bits per heavy atom. The molecule has 1 amide bonds. The van der Waals surface area contributed by atoms with Gasteiger partial charge >= 0.3 is 0 Å². The molecule has 1 aromatic carbocycles.